The SMILES string of the molecule is COC(=O)c1ccc2c(c1)S(=O)N(Cc1ccccc1)CCO2. The van der Waals surface area contributed by atoms with Gasteiger partial charge in [-0.2, -0.15) is 0 Å². The van der Waals surface area contributed by atoms with Gasteiger partial charge < -0.3 is 9.47 Å². The second-order valence-corrected chi connectivity index (χ2v) is 6.55. The van der Waals surface area contributed by atoms with E-state index in [1.165, 1.54) is 7.11 Å². The molecule has 0 bridgehead atoms. The van der Waals surface area contributed by atoms with Gasteiger partial charge in [-0.05, 0) is 23.8 Å². The molecule has 120 valence electrons. The first-order chi connectivity index (χ1) is 11.2. The van der Waals surface area contributed by atoms with Crippen LogP contribution in [0, 0.1) is 0 Å². The van der Waals surface area contributed by atoms with Gasteiger partial charge in [0.15, 0.2) is 0 Å². The molecule has 1 aliphatic rings. The minimum atomic E-state index is -1.40. The van der Waals surface area contributed by atoms with Crippen LogP contribution in [0.5, 0.6) is 5.75 Å². The number of ether oxygens (including phenoxy) is 2. The van der Waals surface area contributed by atoms with E-state index >= 15 is 0 Å². The maximum absolute atomic E-state index is 12.9. The second kappa shape index (κ2) is 6.93. The summed E-state index contributed by atoms with van der Waals surface area (Å²) in [6.07, 6.45) is 0. The Morgan fingerprint density at radius 1 is 1.26 bits per heavy atom. The summed E-state index contributed by atoms with van der Waals surface area (Å²) in [7, 11) is -0.0764. The average Bonchev–Trinajstić information content (AvgIpc) is 2.74. The Labute approximate surface area is 137 Å². The number of benzene rings is 2. The lowest BCUT2D eigenvalue weighted by atomic mass is 10.2. The molecule has 2 aromatic rings. The molecule has 0 aliphatic carbocycles. The maximum atomic E-state index is 12.9. The van der Waals surface area contributed by atoms with Crippen molar-refractivity contribution in [1.29, 1.82) is 0 Å². The summed E-state index contributed by atoms with van der Waals surface area (Å²) >= 11 is 0. The Morgan fingerprint density at radius 2 is 2.04 bits per heavy atom. The molecule has 1 aliphatic heterocycles. The molecule has 5 nitrogen and oxygen atoms in total. The number of methoxy groups -OCH3 is 1. The lowest BCUT2D eigenvalue weighted by Gasteiger charge is -2.18. The van der Waals surface area contributed by atoms with Gasteiger partial charge in [0.2, 0.25) is 0 Å². The molecule has 0 amide bonds. The van der Waals surface area contributed by atoms with Crippen LogP contribution in [0.25, 0.3) is 0 Å². The van der Waals surface area contributed by atoms with E-state index in [-0.39, 0.29) is 0 Å². The molecule has 3 rings (SSSR count). The summed E-state index contributed by atoms with van der Waals surface area (Å²) in [6, 6.07) is 14.7. The number of fused-ring (bicyclic) bond motifs is 1. The number of carbonyl (C=O) groups excluding carboxylic acids is 1. The van der Waals surface area contributed by atoms with E-state index in [1.807, 2.05) is 34.6 Å². The molecular weight excluding hydrogens is 314 g/mol. The van der Waals surface area contributed by atoms with Crippen LogP contribution in [-0.2, 0) is 22.3 Å². The molecule has 0 saturated heterocycles. The molecule has 0 N–H and O–H groups in total. The normalized spacial score (nSPS) is 17.7. The lowest BCUT2D eigenvalue weighted by molar-refractivity contribution is 0.0600. The minimum Gasteiger partial charge on any atom is -0.491 e. The van der Waals surface area contributed by atoms with Crippen LogP contribution in [0.4, 0.5) is 0 Å². The third kappa shape index (κ3) is 3.43. The molecule has 2 aromatic carbocycles. The summed E-state index contributed by atoms with van der Waals surface area (Å²) in [5.41, 5.74) is 1.44. The van der Waals surface area contributed by atoms with Gasteiger partial charge in [0.05, 0.1) is 17.6 Å². The van der Waals surface area contributed by atoms with Crippen LogP contribution in [0.15, 0.2) is 53.4 Å². The zero-order valence-corrected chi connectivity index (χ0v) is 13.5. The van der Waals surface area contributed by atoms with Crippen molar-refractivity contribution in [3.63, 3.8) is 0 Å². The molecule has 0 spiro atoms. The monoisotopic (exact) mass is 331 g/mol. The summed E-state index contributed by atoms with van der Waals surface area (Å²) in [5.74, 6) is 0.0928. The third-order valence-corrected chi connectivity index (χ3v) is 5.06. The molecule has 0 saturated carbocycles. The number of nitrogens with zero attached hydrogens (tertiary/aromatic N) is 1. The van der Waals surface area contributed by atoms with Crippen molar-refractivity contribution >= 4 is 17.0 Å². The Hall–Kier alpha value is -2.18. The van der Waals surface area contributed by atoms with Crippen molar-refractivity contribution in [2.75, 3.05) is 20.3 Å². The fourth-order valence-corrected chi connectivity index (χ4v) is 3.72. The molecule has 0 aromatic heterocycles. The van der Waals surface area contributed by atoms with Crippen LogP contribution in [-0.4, -0.2) is 34.7 Å². The second-order valence-electron chi connectivity index (χ2n) is 5.10. The van der Waals surface area contributed by atoms with E-state index < -0.39 is 17.0 Å². The van der Waals surface area contributed by atoms with Crippen molar-refractivity contribution < 1.29 is 18.5 Å². The van der Waals surface area contributed by atoms with Gasteiger partial charge in [0.1, 0.15) is 23.3 Å². The third-order valence-electron chi connectivity index (χ3n) is 3.59. The van der Waals surface area contributed by atoms with Crippen LogP contribution < -0.4 is 4.74 Å². The lowest BCUT2D eigenvalue weighted by Crippen LogP contribution is -2.27. The smallest absolute Gasteiger partial charge is 0.337 e. The fraction of sp³-hybridized carbons (Fsp3) is 0.235. The van der Waals surface area contributed by atoms with Gasteiger partial charge in [-0.3, -0.25) is 0 Å². The summed E-state index contributed by atoms with van der Waals surface area (Å²) in [6.45, 7) is 1.55. The summed E-state index contributed by atoms with van der Waals surface area (Å²) in [4.78, 5) is 12.2. The maximum Gasteiger partial charge on any atom is 0.337 e. The van der Waals surface area contributed by atoms with Crippen LogP contribution in [0.3, 0.4) is 0 Å². The van der Waals surface area contributed by atoms with E-state index in [0.717, 1.165) is 5.56 Å². The first-order valence-electron chi connectivity index (χ1n) is 7.25. The van der Waals surface area contributed by atoms with Gasteiger partial charge in [-0.15, -0.1) is 0 Å². The average molecular weight is 331 g/mol. The standard InChI is InChI=1S/C17H17NO4S/c1-21-17(19)14-7-8-15-16(11-14)23(20)18(9-10-22-15)12-13-5-3-2-4-6-13/h2-8,11H,9-10,12H2,1H3. The Kier molecular flexibility index (Phi) is 4.73. The molecular formula is C17H17NO4S. The van der Waals surface area contributed by atoms with E-state index in [0.29, 0.717) is 35.9 Å². The van der Waals surface area contributed by atoms with E-state index in [2.05, 4.69) is 0 Å². The summed E-state index contributed by atoms with van der Waals surface area (Å²) in [5, 5.41) is 0. The molecule has 1 atom stereocenters. The van der Waals surface area contributed by atoms with Crippen LogP contribution in [0.1, 0.15) is 15.9 Å². The van der Waals surface area contributed by atoms with Crippen molar-refractivity contribution in [3.8, 4) is 5.75 Å². The van der Waals surface area contributed by atoms with Gasteiger partial charge in [-0.1, -0.05) is 30.3 Å². The predicted octanol–water partition coefficient (Wildman–Crippen LogP) is 2.39. The van der Waals surface area contributed by atoms with E-state index in [1.54, 1.807) is 18.2 Å². The molecule has 0 fully saturated rings. The molecule has 0 radical (unpaired) electrons. The number of rotatable bonds is 3. The molecule has 1 heterocycles. The highest BCUT2D eigenvalue weighted by atomic mass is 32.2. The Balaban J connectivity index is 1.90. The number of hydrogen-bond donors (Lipinski definition) is 0. The van der Waals surface area contributed by atoms with Gasteiger partial charge in [-0.25, -0.2) is 13.3 Å². The minimum absolute atomic E-state index is 0.366. The van der Waals surface area contributed by atoms with E-state index in [9.17, 15) is 9.00 Å². The topological polar surface area (TPSA) is 55.8 Å². The number of carbonyl (C=O) groups is 1. The quantitative estimate of drug-likeness (QED) is 0.811. The molecule has 23 heavy (non-hydrogen) atoms. The highest BCUT2D eigenvalue weighted by molar-refractivity contribution is 7.82. The largest absolute Gasteiger partial charge is 0.491 e. The Bertz CT molecular complexity index is 733. The summed E-state index contributed by atoms with van der Waals surface area (Å²) < 4.78 is 25.1. The van der Waals surface area contributed by atoms with Gasteiger partial charge in [0.25, 0.3) is 0 Å². The van der Waals surface area contributed by atoms with Crippen molar-refractivity contribution in [1.82, 2.24) is 4.31 Å². The molecule has 1 unspecified atom stereocenters. The van der Waals surface area contributed by atoms with E-state index in [4.69, 9.17) is 9.47 Å². The molecule has 6 heteroatoms. The van der Waals surface area contributed by atoms with Gasteiger partial charge >= 0.3 is 5.97 Å². The van der Waals surface area contributed by atoms with Crippen LogP contribution >= 0.6 is 0 Å². The zero-order valence-electron chi connectivity index (χ0n) is 12.7. The van der Waals surface area contributed by atoms with Crippen molar-refractivity contribution in [2.24, 2.45) is 0 Å². The first-order valence-corrected chi connectivity index (χ1v) is 8.35. The zero-order chi connectivity index (χ0) is 16.2. The van der Waals surface area contributed by atoms with Crippen molar-refractivity contribution in [2.45, 2.75) is 11.4 Å². The Morgan fingerprint density at radius 3 is 2.78 bits per heavy atom. The van der Waals surface area contributed by atoms with Crippen LogP contribution in [0.2, 0.25) is 0 Å². The highest BCUT2D eigenvalue weighted by Gasteiger charge is 2.24. The highest BCUT2D eigenvalue weighted by Crippen LogP contribution is 2.29. The number of hydrogen-bond acceptors (Lipinski definition) is 4. The van der Waals surface area contributed by atoms with Crippen molar-refractivity contribution in [3.05, 3.63) is 59.7 Å². The first kappa shape index (κ1) is 15.7. The predicted molar refractivity (Wildman–Crippen MR) is 86.5 cm³/mol. The van der Waals surface area contributed by atoms with Gasteiger partial charge in [0, 0.05) is 13.1 Å². The fourth-order valence-electron chi connectivity index (χ4n) is 2.41. The number of esters is 1.